The lowest BCUT2D eigenvalue weighted by molar-refractivity contribution is 0.0999. The van der Waals surface area contributed by atoms with E-state index in [2.05, 4.69) is 5.32 Å². The van der Waals surface area contributed by atoms with Crippen molar-refractivity contribution >= 4 is 28.3 Å². The Bertz CT molecular complexity index is 641. The van der Waals surface area contributed by atoms with E-state index in [0.717, 1.165) is 12.8 Å². The van der Waals surface area contributed by atoms with Gasteiger partial charge in [0.25, 0.3) is 0 Å². The normalized spacial score (nSPS) is 17.0. The molecule has 1 aromatic rings. The third-order valence-corrected chi connectivity index (χ3v) is 5.87. The lowest BCUT2D eigenvalue weighted by Gasteiger charge is -2.31. The second-order valence-electron chi connectivity index (χ2n) is 5.31. The molecule has 3 N–H and O–H groups in total. The van der Waals surface area contributed by atoms with E-state index in [4.69, 9.17) is 5.73 Å². The topological polar surface area (TPSA) is 92.5 Å². The minimum atomic E-state index is -3.57. The molecule has 1 saturated heterocycles. The first-order valence-corrected chi connectivity index (χ1v) is 8.38. The minimum Gasteiger partial charge on any atom is -0.366 e. The van der Waals surface area contributed by atoms with Gasteiger partial charge in [0.1, 0.15) is 0 Å². The van der Waals surface area contributed by atoms with Gasteiger partial charge in [-0.25, -0.2) is 8.42 Å². The molecule has 1 aliphatic heterocycles. The van der Waals surface area contributed by atoms with Gasteiger partial charge in [0.05, 0.1) is 4.90 Å². The molecule has 0 aromatic heterocycles. The number of aryl methyl sites for hydroxylation is 1. The molecular weight excluding hydrogens is 326 g/mol. The SMILES string of the molecule is CNC1CCN(S(=O)(=O)c2ccc(C)c(C(N)=O)c2)CC1.Cl. The number of amides is 1. The maximum Gasteiger partial charge on any atom is 0.249 e. The van der Waals surface area contributed by atoms with Crippen LogP contribution in [0.4, 0.5) is 0 Å². The van der Waals surface area contributed by atoms with E-state index < -0.39 is 15.9 Å². The largest absolute Gasteiger partial charge is 0.366 e. The van der Waals surface area contributed by atoms with Crippen LogP contribution in [0.5, 0.6) is 0 Å². The number of benzene rings is 1. The molecule has 0 spiro atoms. The molecule has 1 heterocycles. The Labute approximate surface area is 137 Å². The van der Waals surface area contributed by atoms with E-state index in [-0.39, 0.29) is 22.9 Å². The van der Waals surface area contributed by atoms with Gasteiger partial charge in [0, 0.05) is 24.7 Å². The number of carbonyl (C=O) groups is 1. The molecule has 1 amide bonds. The average Bonchev–Trinajstić information content (AvgIpc) is 2.47. The van der Waals surface area contributed by atoms with Crippen LogP contribution in [0.3, 0.4) is 0 Å². The van der Waals surface area contributed by atoms with Crippen molar-refractivity contribution in [1.82, 2.24) is 9.62 Å². The summed E-state index contributed by atoms with van der Waals surface area (Å²) < 4.78 is 26.7. The number of halogens is 1. The Morgan fingerprint density at radius 2 is 1.91 bits per heavy atom. The molecule has 0 atom stereocenters. The molecular formula is C14H22ClN3O3S. The smallest absolute Gasteiger partial charge is 0.249 e. The minimum absolute atomic E-state index is 0. The Balaban J connectivity index is 0.00000242. The highest BCUT2D eigenvalue weighted by atomic mass is 35.5. The highest BCUT2D eigenvalue weighted by molar-refractivity contribution is 7.89. The molecule has 1 aromatic carbocycles. The van der Waals surface area contributed by atoms with Crippen LogP contribution in [0.1, 0.15) is 28.8 Å². The third kappa shape index (κ3) is 3.78. The summed E-state index contributed by atoms with van der Waals surface area (Å²) >= 11 is 0. The van der Waals surface area contributed by atoms with Crippen LogP contribution < -0.4 is 11.1 Å². The van der Waals surface area contributed by atoms with Crippen molar-refractivity contribution in [3.05, 3.63) is 29.3 Å². The van der Waals surface area contributed by atoms with Gasteiger partial charge in [-0.05, 0) is 44.5 Å². The first kappa shape index (κ1) is 18.9. The summed E-state index contributed by atoms with van der Waals surface area (Å²) in [6.07, 6.45) is 1.56. The summed E-state index contributed by atoms with van der Waals surface area (Å²) in [6.45, 7) is 2.69. The van der Waals surface area contributed by atoms with Crippen molar-refractivity contribution in [3.8, 4) is 0 Å². The summed E-state index contributed by atoms with van der Waals surface area (Å²) in [4.78, 5) is 11.5. The highest BCUT2D eigenvalue weighted by Gasteiger charge is 2.29. The molecule has 0 saturated carbocycles. The van der Waals surface area contributed by atoms with Gasteiger partial charge in [-0.1, -0.05) is 6.07 Å². The van der Waals surface area contributed by atoms with Crippen molar-refractivity contribution in [2.75, 3.05) is 20.1 Å². The average molecular weight is 348 g/mol. The monoisotopic (exact) mass is 347 g/mol. The molecule has 0 bridgehead atoms. The molecule has 22 heavy (non-hydrogen) atoms. The number of sulfonamides is 1. The second kappa shape index (κ2) is 7.41. The van der Waals surface area contributed by atoms with Gasteiger partial charge >= 0.3 is 0 Å². The van der Waals surface area contributed by atoms with Gasteiger partial charge < -0.3 is 11.1 Å². The number of nitrogens with one attached hydrogen (secondary N) is 1. The highest BCUT2D eigenvalue weighted by Crippen LogP contribution is 2.22. The van der Waals surface area contributed by atoms with Crippen LogP contribution in [0.2, 0.25) is 0 Å². The number of piperidine rings is 1. The quantitative estimate of drug-likeness (QED) is 0.846. The Morgan fingerprint density at radius 1 is 1.32 bits per heavy atom. The van der Waals surface area contributed by atoms with Crippen LogP contribution in [0, 0.1) is 6.92 Å². The van der Waals surface area contributed by atoms with Crippen LogP contribution >= 0.6 is 12.4 Å². The van der Waals surface area contributed by atoms with E-state index in [1.165, 1.54) is 16.4 Å². The number of rotatable bonds is 4. The van der Waals surface area contributed by atoms with E-state index >= 15 is 0 Å². The zero-order valence-corrected chi connectivity index (χ0v) is 14.3. The van der Waals surface area contributed by atoms with E-state index in [1.807, 2.05) is 7.05 Å². The molecule has 6 nitrogen and oxygen atoms in total. The molecule has 1 aliphatic rings. The Hall–Kier alpha value is -1.15. The first-order valence-electron chi connectivity index (χ1n) is 6.94. The lowest BCUT2D eigenvalue weighted by Crippen LogP contribution is -2.43. The van der Waals surface area contributed by atoms with Gasteiger partial charge in [0.15, 0.2) is 0 Å². The standard InChI is InChI=1S/C14H21N3O3S.ClH/c1-10-3-4-12(9-13(10)14(15)18)21(19,20)17-7-5-11(16-2)6-8-17;/h3-4,9,11,16H,5-8H2,1-2H3,(H2,15,18);1H. The fourth-order valence-electron chi connectivity index (χ4n) is 2.56. The van der Waals surface area contributed by atoms with Crippen LogP contribution in [-0.2, 0) is 10.0 Å². The zero-order chi connectivity index (χ0) is 15.6. The summed E-state index contributed by atoms with van der Waals surface area (Å²) in [5, 5.41) is 3.16. The molecule has 8 heteroatoms. The number of nitrogens with two attached hydrogens (primary N) is 1. The van der Waals surface area contributed by atoms with E-state index in [0.29, 0.717) is 24.7 Å². The van der Waals surface area contributed by atoms with Crippen molar-refractivity contribution in [3.63, 3.8) is 0 Å². The number of hydrogen-bond acceptors (Lipinski definition) is 4. The molecule has 1 fully saturated rings. The van der Waals surface area contributed by atoms with Crippen molar-refractivity contribution in [1.29, 1.82) is 0 Å². The molecule has 0 aliphatic carbocycles. The van der Waals surface area contributed by atoms with Gasteiger partial charge in [-0.15, -0.1) is 12.4 Å². The van der Waals surface area contributed by atoms with Crippen LogP contribution in [-0.4, -0.2) is 44.8 Å². The van der Waals surface area contributed by atoms with Crippen LogP contribution in [0.25, 0.3) is 0 Å². The van der Waals surface area contributed by atoms with Crippen molar-refractivity contribution in [2.45, 2.75) is 30.7 Å². The lowest BCUT2D eigenvalue weighted by atomic mass is 10.1. The molecule has 0 radical (unpaired) electrons. The predicted molar refractivity (Wildman–Crippen MR) is 87.8 cm³/mol. The summed E-state index contributed by atoms with van der Waals surface area (Å²) in [5.41, 5.74) is 6.21. The molecule has 124 valence electrons. The van der Waals surface area contributed by atoms with Crippen molar-refractivity contribution < 1.29 is 13.2 Å². The fourth-order valence-corrected chi connectivity index (χ4v) is 4.06. The Kier molecular flexibility index (Phi) is 6.37. The summed E-state index contributed by atoms with van der Waals surface area (Å²) in [6, 6.07) is 4.88. The van der Waals surface area contributed by atoms with E-state index in [1.54, 1.807) is 13.0 Å². The van der Waals surface area contributed by atoms with E-state index in [9.17, 15) is 13.2 Å². The number of hydrogen-bond donors (Lipinski definition) is 2. The number of nitrogens with zero attached hydrogens (tertiary/aromatic N) is 1. The van der Waals surface area contributed by atoms with Crippen molar-refractivity contribution in [2.24, 2.45) is 5.73 Å². The summed E-state index contributed by atoms with van der Waals surface area (Å²) in [5.74, 6) is -0.613. The fraction of sp³-hybridized carbons (Fsp3) is 0.500. The zero-order valence-electron chi connectivity index (χ0n) is 12.7. The molecule has 0 unspecified atom stereocenters. The van der Waals surface area contributed by atoms with Gasteiger partial charge in [-0.3, -0.25) is 4.79 Å². The summed E-state index contributed by atoms with van der Waals surface area (Å²) in [7, 11) is -1.69. The predicted octanol–water partition coefficient (Wildman–Crippen LogP) is 0.888. The van der Waals surface area contributed by atoms with Crippen LogP contribution in [0.15, 0.2) is 23.1 Å². The van der Waals surface area contributed by atoms with Gasteiger partial charge in [-0.2, -0.15) is 4.31 Å². The first-order chi connectivity index (χ1) is 9.86. The Morgan fingerprint density at radius 3 is 2.41 bits per heavy atom. The molecule has 2 rings (SSSR count). The maximum absolute atomic E-state index is 12.6. The second-order valence-corrected chi connectivity index (χ2v) is 7.25. The third-order valence-electron chi connectivity index (χ3n) is 3.97. The number of primary amides is 1. The number of carbonyl (C=O) groups excluding carboxylic acids is 1. The van der Waals surface area contributed by atoms with Gasteiger partial charge in [0.2, 0.25) is 15.9 Å². The maximum atomic E-state index is 12.6.